The third kappa shape index (κ3) is 2.53. The van der Waals surface area contributed by atoms with Crippen LogP contribution in [-0.4, -0.2) is 35.5 Å². The Morgan fingerprint density at radius 1 is 1.40 bits per heavy atom. The zero-order valence-corrected chi connectivity index (χ0v) is 11.6. The third-order valence-corrected chi connectivity index (χ3v) is 3.86. The van der Waals surface area contributed by atoms with E-state index in [4.69, 9.17) is 5.11 Å². The molecule has 1 aliphatic rings. The number of carboxylic acid groups (broad SMARTS) is 1. The average molecular weight is 279 g/mol. The molecule has 1 aromatic rings. The van der Waals surface area contributed by atoms with Crippen LogP contribution >= 0.6 is 0 Å². The summed E-state index contributed by atoms with van der Waals surface area (Å²) in [5.74, 6) is -2.16. The van der Waals surface area contributed by atoms with Crippen molar-refractivity contribution in [3.8, 4) is 0 Å². The number of benzene rings is 1. The Labute approximate surface area is 117 Å². The fourth-order valence-electron chi connectivity index (χ4n) is 2.51. The highest BCUT2D eigenvalue weighted by Gasteiger charge is 2.53. The first-order valence-corrected chi connectivity index (χ1v) is 6.62. The Kier molecular flexibility index (Phi) is 3.79. The lowest BCUT2D eigenvalue weighted by molar-refractivity contribution is -0.143. The Hall–Kier alpha value is -1.91. The van der Waals surface area contributed by atoms with Crippen LogP contribution in [0.5, 0.6) is 0 Å². The summed E-state index contributed by atoms with van der Waals surface area (Å²) in [5.41, 5.74) is -0.377. The van der Waals surface area contributed by atoms with Crippen LogP contribution in [0.1, 0.15) is 25.3 Å². The maximum atomic E-state index is 13.9. The van der Waals surface area contributed by atoms with Crippen molar-refractivity contribution in [2.75, 3.05) is 13.6 Å². The van der Waals surface area contributed by atoms with Gasteiger partial charge in [0.15, 0.2) is 0 Å². The summed E-state index contributed by atoms with van der Waals surface area (Å²) < 4.78 is 13.9. The molecule has 1 N–H and O–H groups in total. The maximum Gasteiger partial charge on any atom is 0.308 e. The molecule has 0 spiro atoms. The second kappa shape index (κ2) is 5.23. The molecule has 0 heterocycles. The van der Waals surface area contributed by atoms with E-state index in [-0.39, 0.29) is 18.3 Å². The van der Waals surface area contributed by atoms with Crippen molar-refractivity contribution < 1.29 is 19.1 Å². The molecule has 1 amide bonds. The second-order valence-electron chi connectivity index (χ2n) is 5.49. The SMILES string of the molecule is C[C@@H](CN(C)C(=O)C1(c2ccccc2F)CC1)C(=O)O. The highest BCUT2D eigenvalue weighted by atomic mass is 19.1. The molecular formula is C15H18FNO3. The van der Waals surface area contributed by atoms with Crippen molar-refractivity contribution >= 4 is 11.9 Å². The number of nitrogens with zero attached hydrogens (tertiary/aromatic N) is 1. The van der Waals surface area contributed by atoms with Gasteiger partial charge < -0.3 is 10.0 Å². The van der Waals surface area contributed by atoms with Gasteiger partial charge in [0, 0.05) is 19.2 Å². The first kappa shape index (κ1) is 14.5. The molecule has 108 valence electrons. The van der Waals surface area contributed by atoms with Gasteiger partial charge in [-0.2, -0.15) is 0 Å². The Morgan fingerprint density at radius 2 is 2.00 bits per heavy atom. The molecule has 1 fully saturated rings. The number of carbonyl (C=O) groups is 2. The smallest absolute Gasteiger partial charge is 0.308 e. The van der Waals surface area contributed by atoms with Crippen LogP contribution in [0.15, 0.2) is 24.3 Å². The van der Waals surface area contributed by atoms with E-state index in [1.807, 2.05) is 0 Å². The standard InChI is InChI=1S/C15H18FNO3/c1-10(13(18)19)9-17(2)14(20)15(7-8-15)11-5-3-4-6-12(11)16/h3-6,10H,7-9H2,1-2H3,(H,18,19)/t10-/m0/s1. The summed E-state index contributed by atoms with van der Waals surface area (Å²) in [5, 5.41) is 8.89. The molecule has 1 aromatic carbocycles. The lowest BCUT2D eigenvalue weighted by Gasteiger charge is -2.25. The molecule has 20 heavy (non-hydrogen) atoms. The summed E-state index contributed by atoms with van der Waals surface area (Å²) in [6.07, 6.45) is 1.22. The number of rotatable bonds is 5. The summed E-state index contributed by atoms with van der Waals surface area (Å²) in [7, 11) is 1.57. The van der Waals surface area contributed by atoms with Crippen molar-refractivity contribution in [2.24, 2.45) is 5.92 Å². The predicted octanol–water partition coefficient (Wildman–Crippen LogP) is 2.04. The van der Waals surface area contributed by atoms with E-state index in [1.54, 1.807) is 32.2 Å². The van der Waals surface area contributed by atoms with Gasteiger partial charge >= 0.3 is 5.97 Å². The van der Waals surface area contributed by atoms with Crippen molar-refractivity contribution in [2.45, 2.75) is 25.2 Å². The number of likely N-dealkylation sites (N-methyl/N-ethyl adjacent to an activating group) is 1. The van der Waals surface area contributed by atoms with E-state index in [0.29, 0.717) is 18.4 Å². The molecular weight excluding hydrogens is 261 g/mol. The number of aliphatic carboxylic acids is 1. The Balaban J connectivity index is 2.17. The minimum absolute atomic E-state index is 0.129. The number of halogens is 1. The maximum absolute atomic E-state index is 13.9. The summed E-state index contributed by atoms with van der Waals surface area (Å²) in [6, 6.07) is 6.29. The highest BCUT2D eigenvalue weighted by Crippen LogP contribution is 2.50. The average Bonchev–Trinajstić information content (AvgIpc) is 3.19. The van der Waals surface area contributed by atoms with Crippen LogP contribution < -0.4 is 0 Å². The number of amides is 1. The van der Waals surface area contributed by atoms with Crippen molar-refractivity contribution in [3.05, 3.63) is 35.6 Å². The molecule has 4 nitrogen and oxygen atoms in total. The lowest BCUT2D eigenvalue weighted by Crippen LogP contribution is -2.40. The summed E-state index contributed by atoms with van der Waals surface area (Å²) in [4.78, 5) is 24.8. The van der Waals surface area contributed by atoms with Crippen molar-refractivity contribution in [1.29, 1.82) is 0 Å². The van der Waals surface area contributed by atoms with Crippen LogP contribution in [0.25, 0.3) is 0 Å². The fraction of sp³-hybridized carbons (Fsp3) is 0.467. The number of hydrogen-bond donors (Lipinski definition) is 1. The van der Waals surface area contributed by atoms with Gasteiger partial charge in [0.25, 0.3) is 0 Å². The Morgan fingerprint density at radius 3 is 2.50 bits per heavy atom. The molecule has 0 aliphatic heterocycles. The van der Waals surface area contributed by atoms with E-state index in [9.17, 15) is 14.0 Å². The van der Waals surface area contributed by atoms with E-state index >= 15 is 0 Å². The van der Waals surface area contributed by atoms with Gasteiger partial charge in [-0.25, -0.2) is 4.39 Å². The van der Waals surface area contributed by atoms with E-state index < -0.39 is 17.3 Å². The van der Waals surface area contributed by atoms with Crippen LogP contribution in [-0.2, 0) is 15.0 Å². The Bertz CT molecular complexity index is 540. The van der Waals surface area contributed by atoms with Gasteiger partial charge in [-0.15, -0.1) is 0 Å². The summed E-state index contributed by atoms with van der Waals surface area (Å²) >= 11 is 0. The molecule has 0 radical (unpaired) electrons. The van der Waals surface area contributed by atoms with Crippen LogP contribution in [0.3, 0.4) is 0 Å². The van der Waals surface area contributed by atoms with Gasteiger partial charge in [-0.1, -0.05) is 25.1 Å². The van der Waals surface area contributed by atoms with E-state index in [0.717, 1.165) is 0 Å². The zero-order chi connectivity index (χ0) is 14.9. The minimum Gasteiger partial charge on any atom is -0.481 e. The minimum atomic E-state index is -0.944. The lowest BCUT2D eigenvalue weighted by atomic mass is 9.93. The molecule has 0 saturated heterocycles. The first-order valence-electron chi connectivity index (χ1n) is 6.62. The quantitative estimate of drug-likeness (QED) is 0.897. The fourth-order valence-corrected chi connectivity index (χ4v) is 2.51. The molecule has 1 aliphatic carbocycles. The molecule has 1 saturated carbocycles. The molecule has 0 aromatic heterocycles. The van der Waals surface area contributed by atoms with Crippen molar-refractivity contribution in [1.82, 2.24) is 4.90 Å². The molecule has 0 bridgehead atoms. The topological polar surface area (TPSA) is 57.6 Å². The van der Waals surface area contributed by atoms with Crippen LogP contribution in [0.4, 0.5) is 4.39 Å². The van der Waals surface area contributed by atoms with Gasteiger partial charge in [-0.05, 0) is 18.9 Å². The normalized spacial score (nSPS) is 17.4. The van der Waals surface area contributed by atoms with Crippen molar-refractivity contribution in [3.63, 3.8) is 0 Å². The van der Waals surface area contributed by atoms with Crippen LogP contribution in [0.2, 0.25) is 0 Å². The van der Waals surface area contributed by atoms with Gasteiger partial charge in [0.05, 0.1) is 11.3 Å². The van der Waals surface area contributed by atoms with E-state index in [2.05, 4.69) is 0 Å². The van der Waals surface area contributed by atoms with Gasteiger partial charge in [-0.3, -0.25) is 9.59 Å². The second-order valence-corrected chi connectivity index (χ2v) is 5.49. The van der Waals surface area contributed by atoms with Gasteiger partial charge in [0.1, 0.15) is 5.82 Å². The van der Waals surface area contributed by atoms with Crippen LogP contribution in [0, 0.1) is 11.7 Å². The zero-order valence-electron chi connectivity index (χ0n) is 11.6. The highest BCUT2D eigenvalue weighted by molar-refractivity contribution is 5.91. The monoisotopic (exact) mass is 279 g/mol. The summed E-state index contributed by atoms with van der Waals surface area (Å²) in [6.45, 7) is 1.68. The number of hydrogen-bond acceptors (Lipinski definition) is 2. The molecule has 0 unspecified atom stereocenters. The first-order chi connectivity index (χ1) is 9.38. The molecule has 1 atom stereocenters. The van der Waals surface area contributed by atoms with E-state index in [1.165, 1.54) is 11.0 Å². The number of carbonyl (C=O) groups excluding carboxylic acids is 1. The predicted molar refractivity (Wildman–Crippen MR) is 71.7 cm³/mol. The van der Waals surface area contributed by atoms with Gasteiger partial charge in [0.2, 0.25) is 5.91 Å². The third-order valence-electron chi connectivity index (χ3n) is 3.86. The molecule has 2 rings (SSSR count). The number of carboxylic acids is 1. The molecule has 5 heteroatoms. The largest absolute Gasteiger partial charge is 0.481 e.